The van der Waals surface area contributed by atoms with Crippen LogP contribution in [0.1, 0.15) is 37.3 Å². The lowest BCUT2D eigenvalue weighted by molar-refractivity contribution is -0.130. The van der Waals surface area contributed by atoms with Gasteiger partial charge in [0.25, 0.3) is 0 Å². The van der Waals surface area contributed by atoms with Crippen molar-refractivity contribution >= 4 is 5.91 Å². The Bertz CT molecular complexity index is 438. The molecule has 1 aromatic carbocycles. The van der Waals surface area contributed by atoms with Crippen molar-refractivity contribution in [3.8, 4) is 0 Å². The summed E-state index contributed by atoms with van der Waals surface area (Å²) in [5.74, 6) is 0.259. The molecule has 1 atom stereocenters. The molecule has 1 heterocycles. The Balaban J connectivity index is 1.97. The molecular weight excluding hydrogens is 248 g/mol. The minimum atomic E-state index is 0.259. The number of hydrogen-bond donors (Lipinski definition) is 1. The first kappa shape index (κ1) is 15.0. The van der Waals surface area contributed by atoms with Crippen molar-refractivity contribution in [3.63, 3.8) is 0 Å². The lowest BCUT2D eigenvalue weighted by Gasteiger charge is -2.26. The van der Waals surface area contributed by atoms with Crippen molar-refractivity contribution < 1.29 is 4.79 Å². The highest BCUT2D eigenvalue weighted by molar-refractivity contribution is 5.79. The number of nitrogens with zero attached hydrogens (tertiary/aromatic N) is 1. The molecule has 0 radical (unpaired) electrons. The van der Waals surface area contributed by atoms with Gasteiger partial charge in [0.15, 0.2) is 0 Å². The zero-order chi connectivity index (χ0) is 14.4. The third kappa shape index (κ3) is 4.07. The number of benzene rings is 1. The van der Waals surface area contributed by atoms with Gasteiger partial charge in [-0.1, -0.05) is 31.2 Å². The molecule has 2 rings (SSSR count). The minimum absolute atomic E-state index is 0.259. The second-order valence-electron chi connectivity index (χ2n) is 5.74. The van der Waals surface area contributed by atoms with Crippen LogP contribution >= 0.6 is 0 Å². The van der Waals surface area contributed by atoms with Gasteiger partial charge in [-0.2, -0.15) is 0 Å². The molecule has 3 heteroatoms. The summed E-state index contributed by atoms with van der Waals surface area (Å²) in [4.78, 5) is 14.6. The molecule has 1 saturated heterocycles. The average molecular weight is 274 g/mol. The van der Waals surface area contributed by atoms with Crippen LogP contribution in [0.25, 0.3) is 0 Å². The highest BCUT2D eigenvalue weighted by Crippen LogP contribution is 2.12. The van der Waals surface area contributed by atoms with Gasteiger partial charge in [-0.15, -0.1) is 0 Å². The van der Waals surface area contributed by atoms with Gasteiger partial charge in [0.2, 0.25) is 5.91 Å². The number of aryl methyl sites for hydroxylation is 1. The van der Waals surface area contributed by atoms with Crippen LogP contribution in [0, 0.1) is 6.92 Å². The van der Waals surface area contributed by atoms with E-state index in [1.165, 1.54) is 18.4 Å². The van der Waals surface area contributed by atoms with Crippen molar-refractivity contribution in [2.24, 2.45) is 0 Å². The van der Waals surface area contributed by atoms with Crippen LogP contribution in [-0.2, 0) is 11.2 Å². The second-order valence-corrected chi connectivity index (χ2v) is 5.74. The molecule has 0 bridgehead atoms. The van der Waals surface area contributed by atoms with Gasteiger partial charge in [-0.05, 0) is 43.9 Å². The summed E-state index contributed by atoms with van der Waals surface area (Å²) >= 11 is 0. The second kappa shape index (κ2) is 7.44. The maximum atomic E-state index is 12.5. The lowest BCUT2D eigenvalue weighted by atomic mass is 10.0. The quantitative estimate of drug-likeness (QED) is 0.864. The summed E-state index contributed by atoms with van der Waals surface area (Å²) in [7, 11) is 0. The first-order valence-corrected chi connectivity index (χ1v) is 7.76. The predicted octanol–water partition coefficient (Wildman–Crippen LogP) is 2.53. The number of hydrogen-bond acceptors (Lipinski definition) is 2. The SMILES string of the molecule is CCCN(CC1CCCN1)C(=O)Cc1ccccc1C. The highest BCUT2D eigenvalue weighted by atomic mass is 16.2. The van der Waals surface area contributed by atoms with Crippen molar-refractivity contribution in [2.75, 3.05) is 19.6 Å². The molecule has 0 spiro atoms. The van der Waals surface area contributed by atoms with Crippen molar-refractivity contribution in [1.29, 1.82) is 0 Å². The molecule has 1 amide bonds. The van der Waals surface area contributed by atoms with Crippen molar-refractivity contribution in [1.82, 2.24) is 10.2 Å². The van der Waals surface area contributed by atoms with E-state index in [0.717, 1.165) is 31.6 Å². The standard InChI is InChI=1S/C17H26N2O/c1-3-11-19(13-16-9-6-10-18-16)17(20)12-15-8-5-4-7-14(15)2/h4-5,7-8,16,18H,3,6,9-13H2,1-2H3. The van der Waals surface area contributed by atoms with Gasteiger partial charge in [0.1, 0.15) is 0 Å². The van der Waals surface area contributed by atoms with E-state index in [-0.39, 0.29) is 5.91 Å². The molecule has 0 aliphatic carbocycles. The third-order valence-electron chi connectivity index (χ3n) is 4.05. The Labute approximate surface area is 122 Å². The monoisotopic (exact) mass is 274 g/mol. The van der Waals surface area contributed by atoms with E-state index in [9.17, 15) is 4.79 Å². The molecule has 110 valence electrons. The number of rotatable bonds is 6. The zero-order valence-corrected chi connectivity index (χ0v) is 12.7. The highest BCUT2D eigenvalue weighted by Gasteiger charge is 2.21. The Morgan fingerprint density at radius 2 is 2.20 bits per heavy atom. The zero-order valence-electron chi connectivity index (χ0n) is 12.7. The van der Waals surface area contributed by atoms with Crippen LogP contribution in [0.3, 0.4) is 0 Å². The Kier molecular flexibility index (Phi) is 5.60. The summed E-state index contributed by atoms with van der Waals surface area (Å²) in [6, 6.07) is 8.66. The van der Waals surface area contributed by atoms with Crippen molar-refractivity contribution in [3.05, 3.63) is 35.4 Å². The minimum Gasteiger partial charge on any atom is -0.341 e. The summed E-state index contributed by atoms with van der Waals surface area (Å²) in [6.45, 7) is 7.03. The van der Waals surface area contributed by atoms with Gasteiger partial charge < -0.3 is 10.2 Å². The van der Waals surface area contributed by atoms with E-state index in [2.05, 4.69) is 31.3 Å². The third-order valence-corrected chi connectivity index (χ3v) is 4.05. The molecule has 1 aromatic rings. The van der Waals surface area contributed by atoms with Gasteiger partial charge in [-0.25, -0.2) is 0 Å². The summed E-state index contributed by atoms with van der Waals surface area (Å²) < 4.78 is 0. The summed E-state index contributed by atoms with van der Waals surface area (Å²) in [5, 5.41) is 3.48. The van der Waals surface area contributed by atoms with Crippen LogP contribution in [0.15, 0.2) is 24.3 Å². The number of carbonyl (C=O) groups excluding carboxylic acids is 1. The smallest absolute Gasteiger partial charge is 0.227 e. The maximum absolute atomic E-state index is 12.5. The molecule has 1 aliphatic rings. The van der Waals surface area contributed by atoms with E-state index >= 15 is 0 Å². The van der Waals surface area contributed by atoms with Crippen LogP contribution in [-0.4, -0.2) is 36.5 Å². The number of carbonyl (C=O) groups is 1. The molecule has 3 nitrogen and oxygen atoms in total. The van der Waals surface area contributed by atoms with Gasteiger partial charge in [0.05, 0.1) is 6.42 Å². The van der Waals surface area contributed by atoms with Crippen molar-refractivity contribution in [2.45, 2.75) is 45.6 Å². The Morgan fingerprint density at radius 1 is 1.40 bits per heavy atom. The normalized spacial score (nSPS) is 18.2. The van der Waals surface area contributed by atoms with E-state index in [4.69, 9.17) is 0 Å². The fourth-order valence-corrected chi connectivity index (χ4v) is 2.85. The van der Waals surface area contributed by atoms with E-state index in [0.29, 0.717) is 12.5 Å². The van der Waals surface area contributed by atoms with E-state index in [1.54, 1.807) is 0 Å². The van der Waals surface area contributed by atoms with Crippen LogP contribution in [0.2, 0.25) is 0 Å². The van der Waals surface area contributed by atoms with Gasteiger partial charge >= 0.3 is 0 Å². The van der Waals surface area contributed by atoms with Crippen LogP contribution in [0.4, 0.5) is 0 Å². The van der Waals surface area contributed by atoms with Gasteiger partial charge in [0, 0.05) is 19.1 Å². The van der Waals surface area contributed by atoms with Crippen LogP contribution < -0.4 is 5.32 Å². The number of amides is 1. The molecule has 1 fully saturated rings. The molecule has 1 aliphatic heterocycles. The molecule has 0 aromatic heterocycles. The Morgan fingerprint density at radius 3 is 2.85 bits per heavy atom. The molecule has 1 N–H and O–H groups in total. The van der Waals surface area contributed by atoms with Gasteiger partial charge in [-0.3, -0.25) is 4.79 Å². The van der Waals surface area contributed by atoms with Crippen LogP contribution in [0.5, 0.6) is 0 Å². The fraction of sp³-hybridized carbons (Fsp3) is 0.588. The summed E-state index contributed by atoms with van der Waals surface area (Å²) in [5.41, 5.74) is 2.36. The summed E-state index contributed by atoms with van der Waals surface area (Å²) in [6.07, 6.45) is 3.97. The molecule has 20 heavy (non-hydrogen) atoms. The lowest BCUT2D eigenvalue weighted by Crippen LogP contribution is -2.42. The first-order chi connectivity index (χ1) is 9.70. The topological polar surface area (TPSA) is 32.3 Å². The molecule has 0 saturated carbocycles. The Hall–Kier alpha value is -1.35. The molecule has 1 unspecified atom stereocenters. The van der Waals surface area contributed by atoms with E-state index < -0.39 is 0 Å². The fourth-order valence-electron chi connectivity index (χ4n) is 2.85. The predicted molar refractivity (Wildman–Crippen MR) is 82.8 cm³/mol. The maximum Gasteiger partial charge on any atom is 0.227 e. The average Bonchev–Trinajstić information content (AvgIpc) is 2.94. The largest absolute Gasteiger partial charge is 0.341 e. The molecular formula is C17H26N2O. The first-order valence-electron chi connectivity index (χ1n) is 7.76. The van der Waals surface area contributed by atoms with E-state index in [1.807, 2.05) is 17.0 Å². The number of nitrogens with one attached hydrogen (secondary N) is 1.